The van der Waals surface area contributed by atoms with Gasteiger partial charge in [-0.3, -0.25) is 4.98 Å². The maximum absolute atomic E-state index is 5.81. The van der Waals surface area contributed by atoms with Gasteiger partial charge in [-0.1, -0.05) is 6.07 Å². The summed E-state index contributed by atoms with van der Waals surface area (Å²) in [7, 11) is 0. The molecule has 4 rings (SSSR count). The highest BCUT2D eigenvalue weighted by molar-refractivity contribution is 5.75. The molecule has 6 nitrogen and oxygen atoms in total. The van der Waals surface area contributed by atoms with E-state index in [-0.39, 0.29) is 11.9 Å². The number of imidazole rings is 1. The molecule has 1 atom stereocenters. The number of H-pyrrole nitrogens is 1. The smallest absolute Gasteiger partial charge is 0.222 e. The topological polar surface area (TPSA) is 93.4 Å². The number of fused-ring (bicyclic) bond motifs is 2. The average Bonchev–Trinajstić information content (AvgIpc) is 2.94. The third-order valence-electron chi connectivity index (χ3n) is 3.86. The molecule has 0 amide bonds. The molecule has 3 aromatic rings. The van der Waals surface area contributed by atoms with E-state index in [1.807, 2.05) is 12.3 Å². The number of nitrogen functional groups attached to an aromatic ring is 1. The fraction of sp³-hybridized carbons (Fsp3) is 0.286. The van der Waals surface area contributed by atoms with Crippen LogP contribution in [0.25, 0.3) is 11.2 Å². The average molecular weight is 266 g/mol. The van der Waals surface area contributed by atoms with Crippen LogP contribution in [0.4, 0.5) is 5.95 Å². The molecule has 0 fully saturated rings. The molecule has 100 valence electrons. The summed E-state index contributed by atoms with van der Waals surface area (Å²) in [5.74, 6) is 0.427. The number of pyridine rings is 1. The summed E-state index contributed by atoms with van der Waals surface area (Å²) >= 11 is 0. The molecule has 6 heteroatoms. The first-order valence-electron chi connectivity index (χ1n) is 6.73. The molecule has 3 heterocycles. The van der Waals surface area contributed by atoms with Crippen LogP contribution in [0.15, 0.2) is 24.7 Å². The Kier molecular flexibility index (Phi) is 2.42. The zero-order chi connectivity index (χ0) is 13.5. The van der Waals surface area contributed by atoms with E-state index in [2.05, 4.69) is 31.0 Å². The number of hydrogen-bond acceptors (Lipinski definition) is 5. The third kappa shape index (κ3) is 1.65. The van der Waals surface area contributed by atoms with E-state index >= 15 is 0 Å². The highest BCUT2D eigenvalue weighted by atomic mass is 15.1. The zero-order valence-corrected chi connectivity index (χ0v) is 10.9. The van der Waals surface area contributed by atoms with Gasteiger partial charge in [0.1, 0.15) is 5.52 Å². The van der Waals surface area contributed by atoms with Crippen LogP contribution in [0.5, 0.6) is 0 Å². The molecular weight excluding hydrogens is 252 g/mol. The van der Waals surface area contributed by atoms with Gasteiger partial charge in [-0.05, 0) is 30.9 Å². The van der Waals surface area contributed by atoms with Crippen LogP contribution in [-0.2, 0) is 6.42 Å². The first kappa shape index (κ1) is 11.3. The molecule has 0 aromatic carbocycles. The van der Waals surface area contributed by atoms with E-state index in [1.54, 1.807) is 6.33 Å². The Hall–Kier alpha value is -2.50. The van der Waals surface area contributed by atoms with E-state index < -0.39 is 0 Å². The van der Waals surface area contributed by atoms with Crippen molar-refractivity contribution in [1.29, 1.82) is 0 Å². The third-order valence-corrected chi connectivity index (χ3v) is 3.86. The lowest BCUT2D eigenvalue weighted by Crippen LogP contribution is -2.15. The van der Waals surface area contributed by atoms with Gasteiger partial charge in [-0.2, -0.15) is 4.98 Å². The van der Waals surface area contributed by atoms with Crippen molar-refractivity contribution in [3.05, 3.63) is 41.6 Å². The molecule has 3 aromatic heterocycles. The highest BCUT2D eigenvalue weighted by Gasteiger charge is 2.27. The number of hydrogen-bond donors (Lipinski definition) is 2. The minimum Gasteiger partial charge on any atom is -0.368 e. The van der Waals surface area contributed by atoms with Crippen LogP contribution in [0, 0.1) is 0 Å². The molecule has 0 bridgehead atoms. The standard InChI is InChI=1S/C14H14N6/c15-14-19-11(12-13(20-14)18-7-17-12)9-5-1-3-8-4-2-6-16-10(8)9/h2,4,6-7,9H,1,3,5H2,(H3,15,17,18,19,20). The summed E-state index contributed by atoms with van der Waals surface area (Å²) < 4.78 is 0. The van der Waals surface area contributed by atoms with Gasteiger partial charge >= 0.3 is 0 Å². The van der Waals surface area contributed by atoms with E-state index in [0.717, 1.165) is 36.2 Å². The first-order chi connectivity index (χ1) is 9.83. The summed E-state index contributed by atoms with van der Waals surface area (Å²) in [6, 6.07) is 4.13. The Morgan fingerprint density at radius 1 is 1.20 bits per heavy atom. The fourth-order valence-electron chi connectivity index (χ4n) is 3.00. The van der Waals surface area contributed by atoms with Crippen LogP contribution in [-0.4, -0.2) is 24.9 Å². The Morgan fingerprint density at radius 3 is 3.10 bits per heavy atom. The van der Waals surface area contributed by atoms with Crippen LogP contribution in [0.1, 0.15) is 35.7 Å². The minimum atomic E-state index is 0.160. The second-order valence-corrected chi connectivity index (χ2v) is 5.06. The molecule has 20 heavy (non-hydrogen) atoms. The van der Waals surface area contributed by atoms with E-state index in [4.69, 9.17) is 5.73 Å². The lowest BCUT2D eigenvalue weighted by Gasteiger charge is -2.24. The predicted molar refractivity (Wildman–Crippen MR) is 75.1 cm³/mol. The minimum absolute atomic E-state index is 0.160. The number of nitrogens with zero attached hydrogens (tertiary/aromatic N) is 4. The van der Waals surface area contributed by atoms with Gasteiger partial charge in [0.15, 0.2) is 5.65 Å². The SMILES string of the molecule is Nc1nc(C2CCCc3cccnc32)c2[nH]cnc2n1. The highest BCUT2D eigenvalue weighted by Crippen LogP contribution is 2.36. The summed E-state index contributed by atoms with van der Waals surface area (Å²) in [5, 5.41) is 0. The lowest BCUT2D eigenvalue weighted by molar-refractivity contribution is 0.590. The van der Waals surface area contributed by atoms with Crippen molar-refractivity contribution in [2.24, 2.45) is 0 Å². The Balaban J connectivity index is 1.94. The summed E-state index contributed by atoms with van der Waals surface area (Å²) in [4.78, 5) is 20.5. The monoisotopic (exact) mass is 266 g/mol. The van der Waals surface area contributed by atoms with E-state index in [9.17, 15) is 0 Å². The van der Waals surface area contributed by atoms with Crippen LogP contribution >= 0.6 is 0 Å². The maximum atomic E-state index is 5.81. The zero-order valence-electron chi connectivity index (χ0n) is 10.9. The van der Waals surface area contributed by atoms with Gasteiger partial charge in [0.2, 0.25) is 5.95 Å². The number of nitrogens with one attached hydrogen (secondary N) is 1. The molecular formula is C14H14N6. The number of nitrogens with two attached hydrogens (primary N) is 1. The Morgan fingerprint density at radius 2 is 2.15 bits per heavy atom. The van der Waals surface area contributed by atoms with Gasteiger partial charge in [0.25, 0.3) is 0 Å². The molecule has 1 aliphatic rings. The van der Waals surface area contributed by atoms with Gasteiger partial charge in [-0.15, -0.1) is 0 Å². The van der Waals surface area contributed by atoms with Crippen LogP contribution in [0.2, 0.25) is 0 Å². The summed E-state index contributed by atoms with van der Waals surface area (Å²) in [5.41, 5.74) is 10.6. The maximum Gasteiger partial charge on any atom is 0.222 e. The second kappa shape index (κ2) is 4.26. The number of aryl methyl sites for hydroxylation is 1. The lowest BCUT2D eigenvalue weighted by atomic mass is 9.84. The van der Waals surface area contributed by atoms with Gasteiger partial charge in [-0.25, -0.2) is 9.97 Å². The normalized spacial score (nSPS) is 18.1. The van der Waals surface area contributed by atoms with Gasteiger partial charge in [0, 0.05) is 12.1 Å². The molecule has 1 aliphatic carbocycles. The van der Waals surface area contributed by atoms with E-state index in [0.29, 0.717) is 5.65 Å². The van der Waals surface area contributed by atoms with Crippen molar-refractivity contribution in [2.45, 2.75) is 25.2 Å². The molecule has 0 aliphatic heterocycles. The molecule has 0 saturated carbocycles. The number of rotatable bonds is 1. The summed E-state index contributed by atoms with van der Waals surface area (Å²) in [6.07, 6.45) is 6.69. The molecule has 0 saturated heterocycles. The van der Waals surface area contributed by atoms with Crippen molar-refractivity contribution >= 4 is 17.1 Å². The van der Waals surface area contributed by atoms with E-state index in [1.165, 1.54) is 5.56 Å². The number of anilines is 1. The van der Waals surface area contributed by atoms with Gasteiger partial charge < -0.3 is 10.7 Å². The Labute approximate surface area is 115 Å². The van der Waals surface area contributed by atoms with Gasteiger partial charge in [0.05, 0.1) is 17.7 Å². The number of aromatic nitrogens is 5. The predicted octanol–water partition coefficient (Wildman–Crippen LogP) is 1.80. The van der Waals surface area contributed by atoms with Crippen molar-refractivity contribution in [3.63, 3.8) is 0 Å². The first-order valence-corrected chi connectivity index (χ1v) is 6.73. The Bertz CT molecular complexity index is 778. The molecule has 1 unspecified atom stereocenters. The second-order valence-electron chi connectivity index (χ2n) is 5.06. The fourth-order valence-corrected chi connectivity index (χ4v) is 3.00. The summed E-state index contributed by atoms with van der Waals surface area (Å²) in [6.45, 7) is 0. The van der Waals surface area contributed by atoms with Crippen molar-refractivity contribution in [2.75, 3.05) is 5.73 Å². The quantitative estimate of drug-likeness (QED) is 0.700. The van der Waals surface area contributed by atoms with Crippen LogP contribution in [0.3, 0.4) is 0 Å². The van der Waals surface area contributed by atoms with Crippen LogP contribution < -0.4 is 5.73 Å². The molecule has 0 radical (unpaired) electrons. The molecule has 3 N–H and O–H groups in total. The molecule has 0 spiro atoms. The number of aromatic amines is 1. The van der Waals surface area contributed by atoms with Crippen molar-refractivity contribution in [1.82, 2.24) is 24.9 Å². The van der Waals surface area contributed by atoms with Crippen molar-refractivity contribution < 1.29 is 0 Å². The van der Waals surface area contributed by atoms with Crippen molar-refractivity contribution in [3.8, 4) is 0 Å². The largest absolute Gasteiger partial charge is 0.368 e.